The number of aryl methyl sites for hydroxylation is 2. The molecule has 1 aromatic heterocycles. The standard InChI is InChI=1S/C19H26N6O2/c1-4-15-8-6-7-14(3)17(15)22-18-21-16(13-20-23-18)24-9-11-25(12-10-24)19(26)27-5-2/h6-8,13H,4-5,9-12H2,1-3H3,(H,21,22,23). The molecule has 0 aliphatic carbocycles. The lowest BCUT2D eigenvalue weighted by Crippen LogP contribution is -2.49. The van der Waals surface area contributed by atoms with E-state index in [2.05, 4.69) is 57.4 Å². The average Bonchev–Trinajstić information content (AvgIpc) is 2.70. The van der Waals surface area contributed by atoms with E-state index in [0.717, 1.165) is 23.5 Å². The van der Waals surface area contributed by atoms with Gasteiger partial charge in [0.05, 0.1) is 12.8 Å². The molecule has 2 heterocycles. The van der Waals surface area contributed by atoms with Gasteiger partial charge < -0.3 is 19.9 Å². The van der Waals surface area contributed by atoms with E-state index in [0.29, 0.717) is 38.7 Å². The zero-order valence-corrected chi connectivity index (χ0v) is 16.1. The van der Waals surface area contributed by atoms with Crippen molar-refractivity contribution in [2.45, 2.75) is 27.2 Å². The van der Waals surface area contributed by atoms with Crippen LogP contribution in [0, 0.1) is 6.92 Å². The summed E-state index contributed by atoms with van der Waals surface area (Å²) < 4.78 is 5.06. The van der Waals surface area contributed by atoms with Crippen molar-refractivity contribution >= 4 is 23.5 Å². The lowest BCUT2D eigenvalue weighted by molar-refractivity contribution is 0.105. The van der Waals surface area contributed by atoms with Gasteiger partial charge in [0.2, 0.25) is 5.95 Å². The molecule has 3 rings (SSSR count). The molecule has 1 aliphatic rings. The SMILES string of the molecule is CCOC(=O)N1CCN(c2cnnc(Nc3c(C)cccc3CC)n2)CC1. The third-order valence-corrected chi connectivity index (χ3v) is 4.65. The molecule has 2 aromatic rings. The van der Waals surface area contributed by atoms with Gasteiger partial charge in [0.15, 0.2) is 5.82 Å². The number of amides is 1. The zero-order chi connectivity index (χ0) is 19.2. The molecule has 0 saturated carbocycles. The summed E-state index contributed by atoms with van der Waals surface area (Å²) in [7, 11) is 0. The summed E-state index contributed by atoms with van der Waals surface area (Å²) in [5.41, 5.74) is 3.39. The number of benzene rings is 1. The highest BCUT2D eigenvalue weighted by atomic mass is 16.6. The highest BCUT2D eigenvalue weighted by Crippen LogP contribution is 2.24. The van der Waals surface area contributed by atoms with Gasteiger partial charge >= 0.3 is 6.09 Å². The summed E-state index contributed by atoms with van der Waals surface area (Å²) in [6.07, 6.45) is 2.32. The van der Waals surface area contributed by atoms with E-state index in [4.69, 9.17) is 4.74 Å². The molecule has 1 aliphatic heterocycles. The van der Waals surface area contributed by atoms with Gasteiger partial charge in [-0.25, -0.2) is 4.79 Å². The Morgan fingerprint density at radius 1 is 1.22 bits per heavy atom. The smallest absolute Gasteiger partial charge is 0.409 e. The second-order valence-corrected chi connectivity index (χ2v) is 6.40. The van der Waals surface area contributed by atoms with Gasteiger partial charge in [0.25, 0.3) is 0 Å². The van der Waals surface area contributed by atoms with E-state index in [1.165, 1.54) is 5.56 Å². The van der Waals surface area contributed by atoms with Gasteiger partial charge in [-0.1, -0.05) is 25.1 Å². The van der Waals surface area contributed by atoms with Crippen LogP contribution in [0.1, 0.15) is 25.0 Å². The van der Waals surface area contributed by atoms with Crippen LogP contribution in [0.2, 0.25) is 0 Å². The van der Waals surface area contributed by atoms with Crippen LogP contribution in [0.4, 0.5) is 22.2 Å². The van der Waals surface area contributed by atoms with Crippen LogP contribution in [0.25, 0.3) is 0 Å². The van der Waals surface area contributed by atoms with Gasteiger partial charge in [0.1, 0.15) is 0 Å². The Morgan fingerprint density at radius 3 is 2.70 bits per heavy atom. The van der Waals surface area contributed by atoms with E-state index >= 15 is 0 Å². The predicted molar refractivity (Wildman–Crippen MR) is 104 cm³/mol. The van der Waals surface area contributed by atoms with E-state index in [1.807, 2.05) is 6.92 Å². The van der Waals surface area contributed by atoms with Crippen LogP contribution < -0.4 is 10.2 Å². The first-order valence-electron chi connectivity index (χ1n) is 9.34. The monoisotopic (exact) mass is 370 g/mol. The predicted octanol–water partition coefficient (Wildman–Crippen LogP) is 2.76. The first kappa shape index (κ1) is 18.9. The van der Waals surface area contributed by atoms with Crippen molar-refractivity contribution in [2.75, 3.05) is 43.0 Å². The molecular formula is C19H26N6O2. The molecule has 8 nitrogen and oxygen atoms in total. The molecule has 1 amide bonds. The quantitative estimate of drug-likeness (QED) is 0.866. The maximum Gasteiger partial charge on any atom is 0.409 e. The van der Waals surface area contributed by atoms with Crippen molar-refractivity contribution in [3.8, 4) is 0 Å². The summed E-state index contributed by atoms with van der Waals surface area (Å²) in [4.78, 5) is 20.3. The van der Waals surface area contributed by atoms with E-state index in [1.54, 1.807) is 11.1 Å². The second-order valence-electron chi connectivity index (χ2n) is 6.40. The molecule has 0 spiro atoms. The summed E-state index contributed by atoms with van der Waals surface area (Å²) in [6.45, 7) is 8.96. The first-order valence-corrected chi connectivity index (χ1v) is 9.34. The minimum Gasteiger partial charge on any atom is -0.450 e. The van der Waals surface area contributed by atoms with Gasteiger partial charge in [-0.15, -0.1) is 5.10 Å². The molecule has 0 bridgehead atoms. The number of rotatable bonds is 5. The fraction of sp³-hybridized carbons (Fsp3) is 0.474. The summed E-state index contributed by atoms with van der Waals surface area (Å²) >= 11 is 0. The normalized spacial score (nSPS) is 14.2. The molecule has 8 heteroatoms. The molecular weight excluding hydrogens is 344 g/mol. The van der Waals surface area contributed by atoms with Gasteiger partial charge in [-0.3, -0.25) is 0 Å². The third kappa shape index (κ3) is 4.45. The fourth-order valence-corrected chi connectivity index (χ4v) is 3.15. The Bertz CT molecular complexity index is 790. The highest BCUT2D eigenvalue weighted by molar-refractivity contribution is 5.68. The number of piperazine rings is 1. The largest absolute Gasteiger partial charge is 0.450 e. The minimum atomic E-state index is -0.257. The maximum absolute atomic E-state index is 11.8. The van der Waals surface area contributed by atoms with E-state index in [-0.39, 0.29) is 6.09 Å². The fourth-order valence-electron chi connectivity index (χ4n) is 3.15. The number of hydrogen-bond acceptors (Lipinski definition) is 7. The molecule has 27 heavy (non-hydrogen) atoms. The lowest BCUT2D eigenvalue weighted by atomic mass is 10.1. The summed E-state index contributed by atoms with van der Waals surface area (Å²) in [5.74, 6) is 1.23. The number of ether oxygens (including phenoxy) is 1. The van der Waals surface area contributed by atoms with E-state index in [9.17, 15) is 4.79 Å². The molecule has 0 unspecified atom stereocenters. The van der Waals surface area contributed by atoms with Crippen molar-refractivity contribution < 1.29 is 9.53 Å². The van der Waals surface area contributed by atoms with Crippen LogP contribution in [0.3, 0.4) is 0 Å². The lowest BCUT2D eigenvalue weighted by Gasteiger charge is -2.34. The van der Waals surface area contributed by atoms with Crippen molar-refractivity contribution in [1.82, 2.24) is 20.1 Å². The topological polar surface area (TPSA) is 83.5 Å². The van der Waals surface area contributed by atoms with Crippen molar-refractivity contribution in [3.63, 3.8) is 0 Å². The number of anilines is 3. The highest BCUT2D eigenvalue weighted by Gasteiger charge is 2.23. The molecule has 0 atom stereocenters. The molecule has 1 aromatic carbocycles. The second kappa shape index (κ2) is 8.66. The summed E-state index contributed by atoms with van der Waals surface area (Å²) in [5, 5.41) is 11.6. The first-order chi connectivity index (χ1) is 13.1. The Labute approximate surface area is 159 Å². The van der Waals surface area contributed by atoms with Crippen LogP contribution in [0.15, 0.2) is 24.4 Å². The average molecular weight is 370 g/mol. The molecule has 144 valence electrons. The Morgan fingerprint density at radius 2 is 2.00 bits per heavy atom. The molecule has 0 radical (unpaired) electrons. The number of nitrogens with zero attached hydrogens (tertiary/aromatic N) is 5. The number of nitrogens with one attached hydrogen (secondary N) is 1. The van der Waals surface area contributed by atoms with Crippen molar-refractivity contribution in [2.24, 2.45) is 0 Å². The molecule has 1 saturated heterocycles. The van der Waals surface area contributed by atoms with Crippen LogP contribution >= 0.6 is 0 Å². The molecule has 1 fully saturated rings. The zero-order valence-electron chi connectivity index (χ0n) is 16.1. The Kier molecular flexibility index (Phi) is 6.05. The number of carbonyl (C=O) groups is 1. The molecule has 1 N–H and O–H groups in total. The third-order valence-electron chi connectivity index (χ3n) is 4.65. The van der Waals surface area contributed by atoms with E-state index < -0.39 is 0 Å². The van der Waals surface area contributed by atoms with Crippen LogP contribution in [-0.2, 0) is 11.2 Å². The number of hydrogen-bond donors (Lipinski definition) is 1. The number of para-hydroxylation sites is 1. The Hall–Kier alpha value is -2.90. The van der Waals surface area contributed by atoms with Crippen molar-refractivity contribution in [3.05, 3.63) is 35.5 Å². The van der Waals surface area contributed by atoms with Gasteiger partial charge in [-0.2, -0.15) is 10.1 Å². The maximum atomic E-state index is 11.8. The Balaban J connectivity index is 1.69. The van der Waals surface area contributed by atoms with Gasteiger partial charge in [-0.05, 0) is 31.4 Å². The number of aromatic nitrogens is 3. The van der Waals surface area contributed by atoms with Crippen LogP contribution in [-0.4, -0.2) is 59.0 Å². The van der Waals surface area contributed by atoms with Crippen LogP contribution in [0.5, 0.6) is 0 Å². The minimum absolute atomic E-state index is 0.257. The summed E-state index contributed by atoms with van der Waals surface area (Å²) in [6, 6.07) is 6.21. The van der Waals surface area contributed by atoms with Gasteiger partial charge in [0, 0.05) is 31.9 Å². The van der Waals surface area contributed by atoms with Crippen molar-refractivity contribution in [1.29, 1.82) is 0 Å². The number of carbonyl (C=O) groups excluding carboxylic acids is 1.